The van der Waals surface area contributed by atoms with Crippen LogP contribution < -0.4 is 5.49 Å². The first-order valence-corrected chi connectivity index (χ1v) is 8.29. The number of nitrogens with one attached hydrogen (secondary N) is 1. The molecule has 0 bridgehead atoms. The van der Waals surface area contributed by atoms with Crippen molar-refractivity contribution < 1.29 is 34.0 Å². The minimum atomic E-state index is -1.51. The van der Waals surface area contributed by atoms with Crippen molar-refractivity contribution in [3.63, 3.8) is 0 Å². The predicted molar refractivity (Wildman–Crippen MR) is 88.7 cm³/mol. The zero-order chi connectivity index (χ0) is 20.0. The number of nitrogens with zero attached hydrogens (tertiary/aromatic N) is 3. The third-order valence-corrected chi connectivity index (χ3v) is 4.78. The Hall–Kier alpha value is -2.86. The van der Waals surface area contributed by atoms with E-state index in [0.29, 0.717) is 11.0 Å². The van der Waals surface area contributed by atoms with Crippen LogP contribution in [0.4, 0.5) is 8.78 Å². The molecule has 1 aromatic carbocycles. The number of halogens is 2. The van der Waals surface area contributed by atoms with Crippen LogP contribution in [-0.4, -0.2) is 53.4 Å². The van der Waals surface area contributed by atoms with Crippen molar-refractivity contribution >= 4 is 11.0 Å². The highest BCUT2D eigenvalue weighted by Gasteiger charge is 2.47. The van der Waals surface area contributed by atoms with E-state index >= 15 is 0 Å². The average molecular weight is 394 g/mol. The summed E-state index contributed by atoms with van der Waals surface area (Å²) in [7, 11) is 0. The van der Waals surface area contributed by atoms with E-state index in [9.17, 15) is 24.1 Å². The van der Waals surface area contributed by atoms with Crippen LogP contribution in [0.2, 0.25) is 0 Å². The summed E-state index contributed by atoms with van der Waals surface area (Å²) in [5, 5.41) is 43.8. The van der Waals surface area contributed by atoms with E-state index in [0.717, 1.165) is 12.1 Å². The molecule has 3 aromatic rings. The van der Waals surface area contributed by atoms with E-state index < -0.39 is 42.3 Å². The Morgan fingerprint density at radius 3 is 2.68 bits per heavy atom. The molecule has 11 heteroatoms. The Bertz CT molecular complexity index is 1080. The van der Waals surface area contributed by atoms with Gasteiger partial charge in [0.25, 0.3) is 0 Å². The van der Waals surface area contributed by atoms with Crippen LogP contribution in [0.5, 0.6) is 0 Å². The SMILES string of the molecule is ON=c1nc[nH]c2c1ccn2[C@@H]1O[C@H](C(O)c2ccc(F)c(F)c2)[C@@H](O)[C@H]1O. The topological polar surface area (TPSA) is 136 Å². The molecular weight excluding hydrogens is 378 g/mol. The van der Waals surface area contributed by atoms with Crippen LogP contribution in [0.1, 0.15) is 17.9 Å². The molecule has 1 aliphatic heterocycles. The van der Waals surface area contributed by atoms with Gasteiger partial charge in [-0.2, -0.15) is 0 Å². The number of rotatable bonds is 3. The molecule has 2 aromatic heterocycles. The van der Waals surface area contributed by atoms with Gasteiger partial charge in [-0.3, -0.25) is 0 Å². The summed E-state index contributed by atoms with van der Waals surface area (Å²) < 4.78 is 33.7. The number of ether oxygens (including phenoxy) is 1. The second-order valence-electron chi connectivity index (χ2n) is 6.40. The summed E-state index contributed by atoms with van der Waals surface area (Å²) in [5.41, 5.74) is 0.422. The Balaban J connectivity index is 1.67. The lowest BCUT2D eigenvalue weighted by molar-refractivity contribution is -0.0849. The predicted octanol–water partition coefficient (Wildman–Crippen LogP) is 0.285. The standard InChI is InChI=1S/C17H16F2N4O5/c18-9-2-1-7(5-10(9)19)11(24)14-12(25)13(26)17(28-14)23-4-3-8-15(22-27)20-6-21-16(8)23/h1-6,11-14,17,24-27H,(H,20,21,22)/t11?,12-,13+,14+,17+/m0/s1. The van der Waals surface area contributed by atoms with Gasteiger partial charge in [0, 0.05) is 6.20 Å². The van der Waals surface area contributed by atoms with Crippen molar-refractivity contribution in [2.45, 2.75) is 30.6 Å². The quantitative estimate of drug-likeness (QED) is 0.320. The molecule has 5 atom stereocenters. The molecule has 1 saturated heterocycles. The summed E-state index contributed by atoms with van der Waals surface area (Å²) in [6.45, 7) is 0. The molecule has 28 heavy (non-hydrogen) atoms. The third kappa shape index (κ3) is 2.85. The smallest absolute Gasteiger partial charge is 0.203 e. The minimum absolute atomic E-state index is 0.00899. The van der Waals surface area contributed by atoms with E-state index in [4.69, 9.17) is 9.94 Å². The van der Waals surface area contributed by atoms with Gasteiger partial charge < -0.3 is 34.8 Å². The maximum atomic E-state index is 13.5. The van der Waals surface area contributed by atoms with Gasteiger partial charge in [0.1, 0.15) is 30.1 Å². The number of fused-ring (bicyclic) bond motifs is 1. The van der Waals surface area contributed by atoms with Gasteiger partial charge in [0.15, 0.2) is 17.9 Å². The largest absolute Gasteiger partial charge is 0.409 e. The van der Waals surface area contributed by atoms with E-state index in [1.54, 1.807) is 6.07 Å². The van der Waals surface area contributed by atoms with E-state index in [1.165, 1.54) is 23.2 Å². The van der Waals surface area contributed by atoms with Gasteiger partial charge in [0.05, 0.1) is 11.7 Å². The molecule has 0 amide bonds. The molecule has 0 spiro atoms. The Morgan fingerprint density at radius 1 is 1.18 bits per heavy atom. The summed E-state index contributed by atoms with van der Waals surface area (Å²) >= 11 is 0. The number of aromatic nitrogens is 3. The van der Waals surface area contributed by atoms with E-state index in [-0.39, 0.29) is 11.1 Å². The molecule has 9 nitrogen and oxygen atoms in total. The fraction of sp³-hybridized carbons (Fsp3) is 0.294. The summed E-state index contributed by atoms with van der Waals surface area (Å²) in [4.78, 5) is 6.68. The molecule has 4 rings (SSSR count). The van der Waals surface area contributed by atoms with Crippen molar-refractivity contribution in [2.24, 2.45) is 5.16 Å². The monoisotopic (exact) mass is 394 g/mol. The number of aromatic amines is 1. The highest BCUT2D eigenvalue weighted by Crippen LogP contribution is 2.37. The van der Waals surface area contributed by atoms with Crippen LogP contribution in [0.3, 0.4) is 0 Å². The van der Waals surface area contributed by atoms with Gasteiger partial charge in [0.2, 0.25) is 5.49 Å². The van der Waals surface area contributed by atoms with Crippen LogP contribution in [0.25, 0.3) is 11.0 Å². The fourth-order valence-electron chi connectivity index (χ4n) is 3.36. The second kappa shape index (κ2) is 6.95. The molecule has 0 radical (unpaired) electrons. The first kappa shape index (κ1) is 18.5. The molecule has 1 unspecified atom stereocenters. The zero-order valence-electron chi connectivity index (χ0n) is 14.1. The van der Waals surface area contributed by atoms with Gasteiger partial charge in [-0.05, 0) is 23.8 Å². The Labute approximate surface area is 155 Å². The van der Waals surface area contributed by atoms with E-state index in [2.05, 4.69) is 15.1 Å². The maximum Gasteiger partial charge on any atom is 0.203 e. The van der Waals surface area contributed by atoms with Crippen LogP contribution in [0, 0.1) is 11.6 Å². The van der Waals surface area contributed by atoms with Crippen molar-refractivity contribution in [2.75, 3.05) is 0 Å². The molecule has 0 aliphatic carbocycles. The first-order valence-electron chi connectivity index (χ1n) is 8.29. The molecule has 0 saturated carbocycles. The molecule has 1 fully saturated rings. The molecule has 148 valence electrons. The first-order chi connectivity index (χ1) is 13.4. The van der Waals surface area contributed by atoms with Crippen LogP contribution >= 0.6 is 0 Å². The fourth-order valence-corrected chi connectivity index (χ4v) is 3.36. The third-order valence-electron chi connectivity index (χ3n) is 4.78. The lowest BCUT2D eigenvalue weighted by Gasteiger charge is -2.21. The van der Waals surface area contributed by atoms with E-state index in [1.807, 2.05) is 0 Å². The van der Waals surface area contributed by atoms with Crippen molar-refractivity contribution in [3.8, 4) is 0 Å². The zero-order valence-corrected chi connectivity index (χ0v) is 14.1. The number of H-pyrrole nitrogens is 1. The molecule has 3 heterocycles. The van der Waals surface area contributed by atoms with Crippen LogP contribution in [0.15, 0.2) is 41.9 Å². The highest BCUT2D eigenvalue weighted by atomic mass is 19.2. The minimum Gasteiger partial charge on any atom is -0.409 e. The summed E-state index contributed by atoms with van der Waals surface area (Å²) in [5.74, 6) is -2.23. The van der Waals surface area contributed by atoms with Gasteiger partial charge in [-0.15, -0.1) is 0 Å². The lowest BCUT2D eigenvalue weighted by Crippen LogP contribution is -2.34. The Morgan fingerprint density at radius 2 is 1.96 bits per heavy atom. The lowest BCUT2D eigenvalue weighted by atomic mass is 9.99. The molecular formula is C17H16F2N4O5. The van der Waals surface area contributed by atoms with Gasteiger partial charge >= 0.3 is 0 Å². The number of benzene rings is 1. The summed E-state index contributed by atoms with van der Waals surface area (Å²) in [6.07, 6.45) is -4.07. The Kier molecular flexibility index (Phi) is 4.59. The number of hydrogen-bond acceptors (Lipinski definition) is 7. The number of aliphatic hydroxyl groups is 3. The number of aliphatic hydroxyl groups excluding tert-OH is 3. The normalized spacial score (nSPS) is 26.8. The average Bonchev–Trinajstić information content (AvgIpc) is 3.25. The van der Waals surface area contributed by atoms with Gasteiger partial charge in [-0.1, -0.05) is 11.2 Å². The number of hydrogen-bond donors (Lipinski definition) is 5. The highest BCUT2D eigenvalue weighted by molar-refractivity contribution is 5.74. The van der Waals surface area contributed by atoms with Gasteiger partial charge in [-0.25, -0.2) is 13.8 Å². The van der Waals surface area contributed by atoms with Crippen molar-refractivity contribution in [1.29, 1.82) is 0 Å². The maximum absolute atomic E-state index is 13.5. The second-order valence-corrected chi connectivity index (χ2v) is 6.40. The van der Waals surface area contributed by atoms with Crippen molar-refractivity contribution in [3.05, 3.63) is 59.5 Å². The van der Waals surface area contributed by atoms with Crippen molar-refractivity contribution in [1.82, 2.24) is 14.5 Å². The molecule has 5 N–H and O–H groups in total. The molecule has 1 aliphatic rings. The van der Waals surface area contributed by atoms with Crippen LogP contribution in [-0.2, 0) is 4.74 Å². The summed E-state index contributed by atoms with van der Waals surface area (Å²) in [6, 6.07) is 4.38.